The van der Waals surface area contributed by atoms with Gasteiger partial charge in [-0.3, -0.25) is 0 Å². The van der Waals surface area contributed by atoms with E-state index in [1.165, 1.54) is 12.4 Å². The first kappa shape index (κ1) is 8.22. The third-order valence-electron chi connectivity index (χ3n) is 1.12. The molecule has 1 heterocycles. The fourth-order valence-corrected chi connectivity index (χ4v) is 1.51. The van der Waals surface area contributed by atoms with Crippen LogP contribution in [0.15, 0.2) is 17.6 Å². The Morgan fingerprint density at radius 1 is 1.55 bits per heavy atom. The van der Waals surface area contributed by atoms with Crippen molar-refractivity contribution in [3.05, 3.63) is 12.4 Å². The maximum atomic E-state index is 11.0. The fraction of sp³-hybridized carbons (Fsp3) is 0.400. The average Bonchev–Trinajstić information content (AvgIpc) is 2.37. The summed E-state index contributed by atoms with van der Waals surface area (Å²) in [7, 11) is -3.45. The molecule has 0 spiro atoms. The summed E-state index contributed by atoms with van der Waals surface area (Å²) in [6.07, 6.45) is 2.73. The first-order chi connectivity index (χ1) is 5.17. The molecule has 1 radical (unpaired) electrons. The van der Waals surface area contributed by atoms with Crippen molar-refractivity contribution in [2.24, 2.45) is 0 Å². The first-order valence-corrected chi connectivity index (χ1v) is 4.62. The molecule has 0 saturated carbocycles. The van der Waals surface area contributed by atoms with Gasteiger partial charge in [0.15, 0.2) is 0 Å². The van der Waals surface area contributed by atoms with Crippen molar-refractivity contribution in [1.29, 1.82) is 0 Å². The molecular formula is C5H7N2O3S. The Kier molecular flexibility index (Phi) is 2.25. The molecule has 1 N–H and O–H groups in total. The lowest BCUT2D eigenvalue weighted by molar-refractivity contribution is 0.213. The Labute approximate surface area is 64.0 Å². The fourth-order valence-electron chi connectivity index (χ4n) is 0.627. The van der Waals surface area contributed by atoms with E-state index in [9.17, 15) is 13.5 Å². The molecule has 0 fully saturated rings. The van der Waals surface area contributed by atoms with E-state index in [1.807, 2.05) is 0 Å². The summed E-state index contributed by atoms with van der Waals surface area (Å²) < 4.78 is 22.0. The lowest BCUT2D eigenvalue weighted by atomic mass is 10.9. The molecule has 0 atom stereocenters. The van der Waals surface area contributed by atoms with E-state index in [-0.39, 0.29) is 5.16 Å². The number of imidazole rings is 1. The minimum Gasteiger partial charge on any atom is -0.336 e. The number of hydrogen-bond donors (Lipinski definition) is 1. The van der Waals surface area contributed by atoms with Gasteiger partial charge in [-0.1, -0.05) is 0 Å². The summed E-state index contributed by atoms with van der Waals surface area (Å²) >= 11 is 0. The number of nitrogens with zero attached hydrogens (tertiary/aromatic N) is 1. The highest BCUT2D eigenvalue weighted by atomic mass is 32.2. The number of hydrogen-bond acceptors (Lipinski definition) is 3. The Morgan fingerprint density at radius 2 is 2.27 bits per heavy atom. The first-order valence-electron chi connectivity index (χ1n) is 2.97. The zero-order valence-electron chi connectivity index (χ0n) is 5.65. The van der Waals surface area contributed by atoms with Crippen LogP contribution >= 0.6 is 0 Å². The van der Waals surface area contributed by atoms with Gasteiger partial charge in [-0.25, -0.2) is 18.5 Å². The summed E-state index contributed by atoms with van der Waals surface area (Å²) in [5, 5.41) is 9.89. The summed E-state index contributed by atoms with van der Waals surface area (Å²) in [6.45, 7) is -0.636. The number of H-pyrrole nitrogens is 1. The second-order valence-electron chi connectivity index (χ2n) is 1.92. The van der Waals surface area contributed by atoms with Gasteiger partial charge in [0.2, 0.25) is 15.0 Å². The molecule has 0 bridgehead atoms. The largest absolute Gasteiger partial charge is 0.336 e. The molecule has 11 heavy (non-hydrogen) atoms. The van der Waals surface area contributed by atoms with Crippen LogP contribution in [-0.2, 0) is 14.9 Å². The number of sulfone groups is 1. The minimum absolute atomic E-state index is 0.131. The van der Waals surface area contributed by atoms with Crippen LogP contribution in [0.3, 0.4) is 0 Å². The number of rotatable bonds is 3. The van der Waals surface area contributed by atoms with Crippen LogP contribution in [0.4, 0.5) is 0 Å². The van der Waals surface area contributed by atoms with Crippen molar-refractivity contribution in [1.82, 2.24) is 9.97 Å². The van der Waals surface area contributed by atoms with E-state index in [4.69, 9.17) is 0 Å². The lowest BCUT2D eigenvalue weighted by Crippen LogP contribution is -2.10. The molecular weight excluding hydrogens is 168 g/mol. The van der Waals surface area contributed by atoms with Gasteiger partial charge in [-0.05, 0) is 0 Å². The van der Waals surface area contributed by atoms with Crippen LogP contribution < -0.4 is 0 Å². The van der Waals surface area contributed by atoms with Crippen LogP contribution in [0.5, 0.6) is 0 Å². The van der Waals surface area contributed by atoms with E-state index < -0.39 is 22.2 Å². The molecule has 0 amide bonds. The van der Waals surface area contributed by atoms with Crippen LogP contribution in [0.1, 0.15) is 0 Å². The number of aromatic nitrogens is 2. The summed E-state index contributed by atoms with van der Waals surface area (Å²) in [6, 6.07) is 0. The van der Waals surface area contributed by atoms with Gasteiger partial charge in [0.05, 0.1) is 12.4 Å². The molecule has 0 aliphatic heterocycles. The second-order valence-corrected chi connectivity index (χ2v) is 3.94. The zero-order valence-corrected chi connectivity index (χ0v) is 6.47. The topological polar surface area (TPSA) is 82.7 Å². The number of aromatic amines is 1. The van der Waals surface area contributed by atoms with Gasteiger partial charge >= 0.3 is 0 Å². The van der Waals surface area contributed by atoms with Crippen LogP contribution in [0.2, 0.25) is 0 Å². The van der Waals surface area contributed by atoms with Crippen molar-refractivity contribution in [3.8, 4) is 0 Å². The predicted molar refractivity (Wildman–Crippen MR) is 36.2 cm³/mol. The van der Waals surface area contributed by atoms with Crippen molar-refractivity contribution in [3.63, 3.8) is 0 Å². The maximum Gasteiger partial charge on any atom is 0.225 e. The summed E-state index contributed by atoms with van der Waals surface area (Å²) in [4.78, 5) is 5.95. The number of nitrogens with one attached hydrogen (secondary N) is 1. The third kappa shape index (κ3) is 1.78. The van der Waals surface area contributed by atoms with Crippen LogP contribution in [-0.4, -0.2) is 30.7 Å². The van der Waals surface area contributed by atoms with Gasteiger partial charge in [-0.2, -0.15) is 0 Å². The average molecular weight is 175 g/mol. The molecule has 1 rings (SSSR count). The highest BCUT2D eigenvalue weighted by Crippen LogP contribution is 2.01. The van der Waals surface area contributed by atoms with Crippen molar-refractivity contribution < 1.29 is 13.5 Å². The Hall–Kier alpha value is -0.880. The Morgan fingerprint density at radius 3 is 2.73 bits per heavy atom. The quantitative estimate of drug-likeness (QED) is 0.679. The van der Waals surface area contributed by atoms with E-state index in [2.05, 4.69) is 9.97 Å². The predicted octanol–water partition coefficient (Wildman–Crippen LogP) is -0.386. The van der Waals surface area contributed by atoms with Crippen LogP contribution in [0, 0.1) is 0 Å². The molecule has 0 aliphatic rings. The zero-order chi connectivity index (χ0) is 8.32. The smallest absolute Gasteiger partial charge is 0.225 e. The molecule has 1 aromatic rings. The standard InChI is InChI=1S/C5H7N2O3S/c8-3-4-11(9,10)5-6-1-2-7-5/h1-2H,3-4H2,(H,6,7). The van der Waals surface area contributed by atoms with E-state index in [0.29, 0.717) is 0 Å². The monoisotopic (exact) mass is 175 g/mol. The van der Waals surface area contributed by atoms with Crippen molar-refractivity contribution >= 4 is 9.84 Å². The third-order valence-corrected chi connectivity index (χ3v) is 2.64. The van der Waals surface area contributed by atoms with Gasteiger partial charge in [0, 0.05) is 12.4 Å². The van der Waals surface area contributed by atoms with E-state index in [0.717, 1.165) is 0 Å². The van der Waals surface area contributed by atoms with Gasteiger partial charge < -0.3 is 4.98 Å². The highest BCUT2D eigenvalue weighted by molar-refractivity contribution is 7.91. The molecule has 0 aliphatic carbocycles. The molecule has 0 unspecified atom stereocenters. The lowest BCUT2D eigenvalue weighted by Gasteiger charge is -1.94. The van der Waals surface area contributed by atoms with Crippen molar-refractivity contribution in [2.45, 2.75) is 5.16 Å². The molecule has 61 valence electrons. The maximum absolute atomic E-state index is 11.0. The minimum atomic E-state index is -3.45. The Bertz CT molecular complexity index is 302. The summed E-state index contributed by atoms with van der Waals surface area (Å²) in [5.74, 6) is -0.402. The van der Waals surface area contributed by atoms with Gasteiger partial charge in [0.25, 0.3) is 0 Å². The molecule has 5 nitrogen and oxygen atoms in total. The normalized spacial score (nSPS) is 11.7. The van der Waals surface area contributed by atoms with E-state index >= 15 is 0 Å². The van der Waals surface area contributed by atoms with Gasteiger partial charge in [0.1, 0.15) is 0 Å². The van der Waals surface area contributed by atoms with Crippen LogP contribution in [0.25, 0.3) is 0 Å². The summed E-state index contributed by atoms with van der Waals surface area (Å²) in [5.41, 5.74) is 0. The Balaban J connectivity index is 2.92. The molecule has 0 saturated heterocycles. The van der Waals surface area contributed by atoms with Gasteiger partial charge in [-0.15, -0.1) is 0 Å². The molecule has 6 heteroatoms. The molecule has 1 aromatic heterocycles. The molecule has 0 aromatic carbocycles. The van der Waals surface area contributed by atoms with Crippen molar-refractivity contribution in [2.75, 3.05) is 12.4 Å². The SMILES string of the molecule is [O]CCS(=O)(=O)c1ncc[nH]1. The second kappa shape index (κ2) is 3.02. The van der Waals surface area contributed by atoms with E-state index in [1.54, 1.807) is 0 Å². The highest BCUT2D eigenvalue weighted by Gasteiger charge is 2.15.